The van der Waals surface area contributed by atoms with Gasteiger partial charge in [-0.1, -0.05) is 63.4 Å². The first kappa shape index (κ1) is 30.1. The van der Waals surface area contributed by atoms with E-state index in [0.717, 1.165) is 5.56 Å². The van der Waals surface area contributed by atoms with Gasteiger partial charge >= 0.3 is 0 Å². The third-order valence-electron chi connectivity index (χ3n) is 7.69. The molecule has 0 aliphatic carbocycles. The number of hydroxylamine groups is 1. The summed E-state index contributed by atoms with van der Waals surface area (Å²) in [5, 5.41) is 17.2. The quantitative estimate of drug-likeness (QED) is 0.170. The van der Waals surface area contributed by atoms with E-state index in [-0.39, 0.29) is 30.6 Å². The summed E-state index contributed by atoms with van der Waals surface area (Å²) in [7, 11) is 0. The highest BCUT2D eigenvalue weighted by atomic mass is 16.5. The number of nitrogens with zero attached hydrogens (tertiary/aromatic N) is 1. The second-order valence-corrected chi connectivity index (χ2v) is 10.5. The lowest BCUT2D eigenvalue weighted by Gasteiger charge is -2.34. The first-order valence-electron chi connectivity index (χ1n) is 13.9. The maximum Gasteiger partial charge on any atom is 0.246 e. The van der Waals surface area contributed by atoms with Crippen LogP contribution >= 0.6 is 0 Å². The van der Waals surface area contributed by atoms with Crippen molar-refractivity contribution in [3.8, 4) is 0 Å². The number of carbonyl (C=O) groups is 5. The van der Waals surface area contributed by atoms with E-state index in [4.69, 9.17) is 5.21 Å². The summed E-state index contributed by atoms with van der Waals surface area (Å²) >= 11 is 0. The lowest BCUT2D eigenvalue weighted by Crippen LogP contribution is -2.62. The van der Waals surface area contributed by atoms with Crippen LogP contribution in [0.1, 0.15) is 70.8 Å². The predicted octanol–water partition coefficient (Wildman–Crippen LogP) is 1.19. The molecule has 11 heteroatoms. The molecule has 11 nitrogen and oxygen atoms in total. The molecule has 3 rings (SSSR count). The first-order chi connectivity index (χ1) is 18.7. The molecule has 39 heavy (non-hydrogen) atoms. The third-order valence-corrected chi connectivity index (χ3v) is 7.69. The van der Waals surface area contributed by atoms with Gasteiger partial charge in [-0.2, -0.15) is 0 Å². The van der Waals surface area contributed by atoms with Gasteiger partial charge in [0.25, 0.3) is 0 Å². The average Bonchev–Trinajstić information content (AvgIpc) is 3.44. The van der Waals surface area contributed by atoms with Crippen molar-refractivity contribution in [3.05, 3.63) is 35.9 Å². The number of unbranched alkanes of at least 4 members (excludes halogenated alkanes) is 2. The molecule has 1 unspecified atom stereocenters. The Morgan fingerprint density at radius 1 is 1.00 bits per heavy atom. The van der Waals surface area contributed by atoms with Gasteiger partial charge in [0, 0.05) is 19.4 Å². The molecule has 1 aromatic carbocycles. The van der Waals surface area contributed by atoms with Crippen LogP contribution in [0.4, 0.5) is 0 Å². The number of benzene rings is 1. The molecule has 5 N–H and O–H groups in total. The van der Waals surface area contributed by atoms with E-state index in [1.54, 1.807) is 10.4 Å². The molecular weight excluding hydrogens is 502 g/mol. The molecule has 0 spiro atoms. The number of nitrogens with one attached hydrogen (secondary N) is 4. The summed E-state index contributed by atoms with van der Waals surface area (Å²) in [4.78, 5) is 66.9. The number of amides is 5. The Kier molecular flexibility index (Phi) is 11.3. The molecule has 0 saturated carbocycles. The molecule has 0 bridgehead atoms. The Morgan fingerprint density at radius 2 is 1.69 bits per heavy atom. The van der Waals surface area contributed by atoms with Crippen LogP contribution in [-0.2, 0) is 30.4 Å². The van der Waals surface area contributed by atoms with E-state index in [2.05, 4.69) is 16.0 Å². The van der Waals surface area contributed by atoms with Gasteiger partial charge in [-0.15, -0.1) is 0 Å². The lowest BCUT2D eigenvalue weighted by molar-refractivity contribution is -0.144. The largest absolute Gasteiger partial charge is 0.343 e. The van der Waals surface area contributed by atoms with Crippen molar-refractivity contribution >= 4 is 29.5 Å². The van der Waals surface area contributed by atoms with E-state index in [1.807, 2.05) is 44.2 Å². The summed E-state index contributed by atoms with van der Waals surface area (Å²) in [6, 6.07) is 5.93. The summed E-state index contributed by atoms with van der Waals surface area (Å²) in [6.07, 6.45) is 4.12. The van der Waals surface area contributed by atoms with Crippen molar-refractivity contribution in [2.24, 2.45) is 5.92 Å². The van der Waals surface area contributed by atoms with Crippen molar-refractivity contribution < 1.29 is 29.2 Å². The van der Waals surface area contributed by atoms with Crippen molar-refractivity contribution in [1.29, 1.82) is 0 Å². The first-order valence-corrected chi connectivity index (χ1v) is 13.9. The van der Waals surface area contributed by atoms with Crippen LogP contribution in [-0.4, -0.2) is 70.4 Å². The lowest BCUT2D eigenvalue weighted by atomic mass is 9.95. The minimum atomic E-state index is -0.944. The molecule has 2 aliphatic rings. The molecule has 0 radical (unpaired) electrons. The van der Waals surface area contributed by atoms with Gasteiger partial charge in [0.05, 0.1) is 0 Å². The van der Waals surface area contributed by atoms with E-state index in [9.17, 15) is 24.0 Å². The zero-order chi connectivity index (χ0) is 28.4. The van der Waals surface area contributed by atoms with Crippen LogP contribution in [0.2, 0.25) is 0 Å². The topological polar surface area (TPSA) is 157 Å². The molecule has 2 saturated heterocycles. The number of hydrogen-bond acceptors (Lipinski definition) is 6. The smallest absolute Gasteiger partial charge is 0.246 e. The molecule has 2 heterocycles. The number of carbonyl (C=O) groups excluding carboxylic acids is 5. The molecule has 5 amide bonds. The summed E-state index contributed by atoms with van der Waals surface area (Å²) < 4.78 is 0. The number of rotatable bonds is 10. The van der Waals surface area contributed by atoms with Gasteiger partial charge < -0.3 is 20.9 Å². The van der Waals surface area contributed by atoms with Gasteiger partial charge in [-0.25, -0.2) is 5.48 Å². The molecule has 0 aromatic heterocycles. The maximum absolute atomic E-state index is 13.7. The van der Waals surface area contributed by atoms with E-state index >= 15 is 0 Å². The molecule has 2 fully saturated rings. The van der Waals surface area contributed by atoms with Crippen molar-refractivity contribution in [3.63, 3.8) is 0 Å². The van der Waals surface area contributed by atoms with Gasteiger partial charge in [-0.3, -0.25) is 29.2 Å². The fraction of sp³-hybridized carbons (Fsp3) is 0.607. The van der Waals surface area contributed by atoms with Gasteiger partial charge in [0.2, 0.25) is 29.5 Å². The van der Waals surface area contributed by atoms with Crippen LogP contribution in [0.15, 0.2) is 30.3 Å². The van der Waals surface area contributed by atoms with Crippen molar-refractivity contribution in [2.45, 2.75) is 95.8 Å². The third kappa shape index (κ3) is 8.26. The Balaban J connectivity index is 1.86. The zero-order valence-electron chi connectivity index (χ0n) is 22.8. The van der Waals surface area contributed by atoms with Crippen LogP contribution < -0.4 is 21.4 Å². The van der Waals surface area contributed by atoms with Crippen LogP contribution in [0.25, 0.3) is 0 Å². The van der Waals surface area contributed by atoms with E-state index in [1.165, 1.54) is 0 Å². The van der Waals surface area contributed by atoms with E-state index < -0.39 is 41.9 Å². The van der Waals surface area contributed by atoms with Gasteiger partial charge in [-0.05, 0) is 37.2 Å². The van der Waals surface area contributed by atoms with Gasteiger partial charge in [0.1, 0.15) is 24.2 Å². The summed E-state index contributed by atoms with van der Waals surface area (Å²) in [6.45, 7) is 4.25. The number of hydrogen-bond donors (Lipinski definition) is 5. The maximum atomic E-state index is 13.7. The monoisotopic (exact) mass is 543 g/mol. The summed E-state index contributed by atoms with van der Waals surface area (Å²) in [5.41, 5.74) is 2.44. The fourth-order valence-electron chi connectivity index (χ4n) is 5.15. The fourth-order valence-corrected chi connectivity index (χ4v) is 5.15. The van der Waals surface area contributed by atoms with Crippen LogP contribution in [0.5, 0.6) is 0 Å². The number of fused-ring (bicyclic) bond motifs is 1. The standard InChI is InChI=1S/C28H41N5O6/c1-3-18(2)24-28(38)33-16-10-14-22(33)27(37)29-20(13-8-5-9-15-23(34)32-39)25(35)30-21(26(36)31-24)17-19-11-6-4-7-12-19/h4,6-7,11-12,18,20-22,24,39H,3,5,8-10,13-17H2,1-2H3,(H,29,37)(H,30,35)(H,31,36)(H,32,34)/t18?,20-,21+,22+,24-/m0/s1. The summed E-state index contributed by atoms with van der Waals surface area (Å²) in [5.74, 6) is -2.22. The Hall–Kier alpha value is -3.47. The second kappa shape index (κ2) is 14.6. The SMILES string of the molecule is CCC(C)[C@@H]1NC(=O)[C@@H](Cc2ccccc2)NC(=O)[C@H](CCCCCC(=O)NO)NC(=O)[C@H]2CCCN2C1=O. The normalized spacial score (nSPS) is 24.9. The van der Waals surface area contributed by atoms with Crippen LogP contribution in [0.3, 0.4) is 0 Å². The van der Waals surface area contributed by atoms with Crippen molar-refractivity contribution in [1.82, 2.24) is 26.3 Å². The highest BCUT2D eigenvalue weighted by molar-refractivity contribution is 5.98. The highest BCUT2D eigenvalue weighted by Gasteiger charge is 2.41. The zero-order valence-corrected chi connectivity index (χ0v) is 22.8. The molecular formula is C28H41N5O6. The molecule has 214 valence electrons. The molecule has 1 aromatic rings. The molecule has 2 aliphatic heterocycles. The highest BCUT2D eigenvalue weighted by Crippen LogP contribution is 2.22. The predicted molar refractivity (Wildman–Crippen MR) is 143 cm³/mol. The second-order valence-electron chi connectivity index (χ2n) is 10.5. The Morgan fingerprint density at radius 3 is 2.38 bits per heavy atom. The minimum absolute atomic E-state index is 0.148. The van der Waals surface area contributed by atoms with E-state index in [0.29, 0.717) is 51.5 Å². The average molecular weight is 544 g/mol. The minimum Gasteiger partial charge on any atom is -0.343 e. The van der Waals surface area contributed by atoms with Crippen LogP contribution in [0, 0.1) is 5.92 Å². The Labute approximate surface area is 229 Å². The molecule has 5 atom stereocenters. The van der Waals surface area contributed by atoms with Gasteiger partial charge in [0.15, 0.2) is 0 Å². The Bertz CT molecular complexity index is 1020. The van der Waals surface area contributed by atoms with Crippen molar-refractivity contribution in [2.75, 3.05) is 6.54 Å².